The Labute approximate surface area is 222 Å². The minimum absolute atomic E-state index is 0. The molecule has 7 heteroatoms. The van der Waals surface area contributed by atoms with Crippen molar-refractivity contribution in [3.63, 3.8) is 0 Å². The Balaban J connectivity index is 0.00000408. The van der Waals surface area contributed by atoms with Gasteiger partial charge in [0.2, 0.25) is 0 Å². The summed E-state index contributed by atoms with van der Waals surface area (Å²) < 4.78 is 0. The molecule has 0 spiro atoms. The van der Waals surface area contributed by atoms with E-state index < -0.39 is 0 Å². The molecular formula is C27H40IN5O. The maximum atomic E-state index is 11.9. The van der Waals surface area contributed by atoms with E-state index in [0.717, 1.165) is 43.5 Å². The summed E-state index contributed by atoms with van der Waals surface area (Å²) >= 11 is 0. The average molecular weight is 578 g/mol. The van der Waals surface area contributed by atoms with Crippen molar-refractivity contribution in [2.24, 2.45) is 10.9 Å². The first-order chi connectivity index (χ1) is 16.1. The summed E-state index contributed by atoms with van der Waals surface area (Å²) in [6.45, 7) is 10.0. The Hall–Kier alpha value is -2.13. The van der Waals surface area contributed by atoms with Gasteiger partial charge in [0.05, 0.1) is 6.54 Å². The summed E-state index contributed by atoms with van der Waals surface area (Å²) in [6, 6.07) is 16.4. The number of amides is 1. The predicted octanol–water partition coefficient (Wildman–Crippen LogP) is 4.19. The van der Waals surface area contributed by atoms with Crippen LogP contribution in [0.15, 0.2) is 53.5 Å². The Morgan fingerprint density at radius 3 is 2.65 bits per heavy atom. The second-order valence-electron chi connectivity index (χ2n) is 8.90. The first-order valence-electron chi connectivity index (χ1n) is 12.2. The van der Waals surface area contributed by atoms with E-state index in [4.69, 9.17) is 4.99 Å². The smallest absolute Gasteiger partial charge is 0.251 e. The fourth-order valence-electron chi connectivity index (χ4n) is 4.38. The maximum Gasteiger partial charge on any atom is 0.251 e. The molecule has 1 atom stereocenters. The minimum Gasteiger partial charge on any atom is -0.357 e. The van der Waals surface area contributed by atoms with Crippen molar-refractivity contribution in [2.45, 2.75) is 46.2 Å². The zero-order valence-corrected chi connectivity index (χ0v) is 23.1. The number of nitrogens with zero attached hydrogens (tertiary/aromatic N) is 2. The highest BCUT2D eigenvalue weighted by molar-refractivity contribution is 14.0. The van der Waals surface area contributed by atoms with Gasteiger partial charge in [-0.2, -0.15) is 0 Å². The number of guanidine groups is 1. The second kappa shape index (κ2) is 15.0. The zero-order valence-electron chi connectivity index (χ0n) is 20.8. The van der Waals surface area contributed by atoms with Crippen molar-refractivity contribution >= 4 is 35.8 Å². The lowest BCUT2D eigenvalue weighted by atomic mass is 9.99. The number of rotatable bonds is 9. The largest absolute Gasteiger partial charge is 0.357 e. The highest BCUT2D eigenvalue weighted by Gasteiger charge is 2.17. The third kappa shape index (κ3) is 8.91. The summed E-state index contributed by atoms with van der Waals surface area (Å²) in [6.07, 6.45) is 3.46. The molecule has 1 aliphatic rings. The zero-order chi connectivity index (χ0) is 23.5. The van der Waals surface area contributed by atoms with Crippen molar-refractivity contribution in [3.8, 4) is 0 Å². The normalized spacial score (nSPS) is 16.4. The molecule has 3 rings (SSSR count). The second-order valence-corrected chi connectivity index (χ2v) is 8.90. The van der Waals surface area contributed by atoms with Crippen LogP contribution in [0.5, 0.6) is 0 Å². The number of carbonyl (C=O) groups is 1. The lowest BCUT2D eigenvalue weighted by molar-refractivity contribution is 0.0963. The standard InChI is InChI=1S/C27H39N5O.HI/c1-4-29-27(30-15-14-22-10-7-13-23(17-22)26(33)28-3)31-18-24-11-5-6-12-25(24)20-32-16-8-9-21(2)19-32;/h5-7,10-13,17,21H,4,8-9,14-16,18-20H2,1-3H3,(H,28,33)(H2,29,30,31);1H. The number of hydrogen-bond donors (Lipinski definition) is 3. The Kier molecular flexibility index (Phi) is 12.4. The predicted molar refractivity (Wildman–Crippen MR) is 152 cm³/mol. The van der Waals surface area contributed by atoms with Crippen LogP contribution in [0.25, 0.3) is 0 Å². The molecule has 2 aromatic carbocycles. The van der Waals surface area contributed by atoms with Crippen LogP contribution >= 0.6 is 24.0 Å². The van der Waals surface area contributed by atoms with Crippen LogP contribution in [-0.2, 0) is 19.5 Å². The molecule has 0 aliphatic carbocycles. The Bertz CT molecular complexity index is 933. The lowest BCUT2D eigenvalue weighted by Crippen LogP contribution is -2.38. The number of carbonyl (C=O) groups excluding carboxylic acids is 1. The average Bonchev–Trinajstić information content (AvgIpc) is 2.83. The van der Waals surface area contributed by atoms with Crippen LogP contribution in [0.3, 0.4) is 0 Å². The number of hydrogen-bond acceptors (Lipinski definition) is 3. The minimum atomic E-state index is -0.0580. The highest BCUT2D eigenvalue weighted by Crippen LogP contribution is 2.20. The molecule has 1 fully saturated rings. The topological polar surface area (TPSA) is 68.8 Å². The Morgan fingerprint density at radius 2 is 1.91 bits per heavy atom. The van der Waals surface area contributed by atoms with Crippen LogP contribution in [0.2, 0.25) is 0 Å². The van der Waals surface area contributed by atoms with Crippen molar-refractivity contribution < 1.29 is 4.79 Å². The number of piperidine rings is 1. The summed E-state index contributed by atoms with van der Waals surface area (Å²) in [7, 11) is 1.65. The fourth-order valence-corrected chi connectivity index (χ4v) is 4.38. The van der Waals surface area contributed by atoms with Crippen LogP contribution in [0.4, 0.5) is 0 Å². The van der Waals surface area contributed by atoms with Crippen molar-refractivity contribution in [3.05, 3.63) is 70.8 Å². The molecule has 2 aromatic rings. The molecule has 1 unspecified atom stereocenters. The van der Waals surface area contributed by atoms with Crippen LogP contribution in [-0.4, -0.2) is 50.0 Å². The fraction of sp³-hybridized carbons (Fsp3) is 0.481. The van der Waals surface area contributed by atoms with Crippen molar-refractivity contribution in [1.29, 1.82) is 0 Å². The van der Waals surface area contributed by atoms with Crippen LogP contribution < -0.4 is 16.0 Å². The molecule has 6 nitrogen and oxygen atoms in total. The number of aliphatic imine (C=N–C) groups is 1. The monoisotopic (exact) mass is 577 g/mol. The van der Waals surface area contributed by atoms with Crippen molar-refractivity contribution in [1.82, 2.24) is 20.9 Å². The van der Waals surface area contributed by atoms with Gasteiger partial charge in [-0.15, -0.1) is 24.0 Å². The first-order valence-corrected chi connectivity index (χ1v) is 12.2. The molecule has 1 saturated heterocycles. The van der Waals surface area contributed by atoms with Gasteiger partial charge in [0, 0.05) is 38.8 Å². The summed E-state index contributed by atoms with van der Waals surface area (Å²) in [5, 5.41) is 9.46. The van der Waals surface area contributed by atoms with E-state index in [1.165, 1.54) is 37.1 Å². The quantitative estimate of drug-likeness (QED) is 0.238. The molecule has 0 aromatic heterocycles. The molecule has 186 valence electrons. The van der Waals surface area contributed by atoms with E-state index in [-0.39, 0.29) is 29.9 Å². The Morgan fingerprint density at radius 1 is 1.12 bits per heavy atom. The molecule has 1 amide bonds. The lowest BCUT2D eigenvalue weighted by Gasteiger charge is -2.31. The SMILES string of the molecule is CCNC(=NCc1ccccc1CN1CCCC(C)C1)NCCc1cccc(C(=O)NC)c1.I. The molecule has 1 heterocycles. The maximum absolute atomic E-state index is 11.9. The molecule has 34 heavy (non-hydrogen) atoms. The van der Waals surface area contributed by atoms with Gasteiger partial charge in [-0.3, -0.25) is 9.69 Å². The van der Waals surface area contributed by atoms with Gasteiger partial charge < -0.3 is 16.0 Å². The van der Waals surface area contributed by atoms with Crippen LogP contribution in [0, 0.1) is 5.92 Å². The van der Waals surface area contributed by atoms with E-state index in [1.807, 2.05) is 18.2 Å². The number of likely N-dealkylation sites (tertiary alicyclic amines) is 1. The van der Waals surface area contributed by atoms with Gasteiger partial charge in [0.25, 0.3) is 5.91 Å². The van der Waals surface area contributed by atoms with E-state index in [1.54, 1.807) is 7.05 Å². The van der Waals surface area contributed by atoms with Gasteiger partial charge in [0.15, 0.2) is 5.96 Å². The van der Waals surface area contributed by atoms with Gasteiger partial charge in [0.1, 0.15) is 0 Å². The molecule has 0 saturated carbocycles. The summed E-state index contributed by atoms with van der Waals surface area (Å²) in [5.41, 5.74) is 4.47. The third-order valence-corrected chi connectivity index (χ3v) is 6.13. The van der Waals surface area contributed by atoms with Gasteiger partial charge in [-0.25, -0.2) is 4.99 Å². The first kappa shape index (κ1) is 28.1. The van der Waals surface area contributed by atoms with E-state index >= 15 is 0 Å². The van der Waals surface area contributed by atoms with Crippen LogP contribution in [0.1, 0.15) is 53.7 Å². The number of halogens is 1. The van der Waals surface area contributed by atoms with E-state index in [9.17, 15) is 4.79 Å². The molecular weight excluding hydrogens is 537 g/mol. The van der Waals surface area contributed by atoms with E-state index in [0.29, 0.717) is 12.1 Å². The van der Waals surface area contributed by atoms with Gasteiger partial charge in [-0.05, 0) is 67.5 Å². The summed E-state index contributed by atoms with van der Waals surface area (Å²) in [5.74, 6) is 1.55. The number of nitrogens with one attached hydrogen (secondary N) is 3. The van der Waals surface area contributed by atoms with Gasteiger partial charge >= 0.3 is 0 Å². The van der Waals surface area contributed by atoms with Crippen molar-refractivity contribution in [2.75, 3.05) is 33.2 Å². The molecule has 0 bridgehead atoms. The molecule has 3 N–H and O–H groups in total. The summed E-state index contributed by atoms with van der Waals surface area (Å²) in [4.78, 5) is 19.3. The highest BCUT2D eigenvalue weighted by atomic mass is 127. The number of benzene rings is 2. The third-order valence-electron chi connectivity index (χ3n) is 6.13. The molecule has 1 aliphatic heterocycles. The van der Waals surface area contributed by atoms with E-state index in [2.05, 4.69) is 65.0 Å². The molecule has 0 radical (unpaired) electrons. The van der Waals surface area contributed by atoms with Gasteiger partial charge in [-0.1, -0.05) is 43.3 Å².